The van der Waals surface area contributed by atoms with Gasteiger partial charge in [0.2, 0.25) is 0 Å². The van der Waals surface area contributed by atoms with E-state index < -0.39 is 12.0 Å². The molecule has 1 atom stereocenters. The van der Waals surface area contributed by atoms with Gasteiger partial charge in [0.05, 0.1) is 35.6 Å². The minimum atomic E-state index is -0.716. The van der Waals surface area contributed by atoms with Gasteiger partial charge in [-0.2, -0.15) is 0 Å². The van der Waals surface area contributed by atoms with E-state index in [4.69, 9.17) is 9.47 Å². The third-order valence-corrected chi connectivity index (χ3v) is 6.13. The number of hydrogen-bond acceptors (Lipinski definition) is 7. The third kappa shape index (κ3) is 3.85. The van der Waals surface area contributed by atoms with Gasteiger partial charge in [0.15, 0.2) is 4.80 Å². The van der Waals surface area contributed by atoms with Gasteiger partial charge >= 0.3 is 5.97 Å². The maximum Gasteiger partial charge on any atom is 0.338 e. The first-order valence-electron chi connectivity index (χ1n) is 10.1. The zero-order valence-electron chi connectivity index (χ0n) is 17.9. The second kappa shape index (κ2) is 8.84. The first-order chi connectivity index (χ1) is 15.4. The van der Waals surface area contributed by atoms with E-state index in [0.717, 1.165) is 0 Å². The van der Waals surface area contributed by atoms with Crippen LogP contribution in [0.4, 0.5) is 0 Å². The standard InChI is InChI=1S/C24H22N2O5S/c1-4-31-23(29)20-14(2)25-24-26(21(20)16-9-7-10-17(12-16)30-3)22(28)19(32-24)13-15-8-5-6-11-18(15)27/h5-13,21,27H,4H2,1-3H3/b19-13+. The SMILES string of the molecule is CCOC(=O)C1=C(C)N=c2s/c(=C/c3ccccc3O)c(=O)n2C1c1cccc(OC)c1. The number of ether oxygens (including phenoxy) is 2. The number of nitrogens with zero attached hydrogens (tertiary/aromatic N) is 2. The Morgan fingerprint density at radius 1 is 1.25 bits per heavy atom. The smallest absolute Gasteiger partial charge is 0.338 e. The molecule has 3 aromatic rings. The van der Waals surface area contributed by atoms with Gasteiger partial charge in [-0.05, 0) is 43.7 Å². The molecule has 0 saturated heterocycles. The molecule has 1 unspecified atom stereocenters. The summed E-state index contributed by atoms with van der Waals surface area (Å²) < 4.78 is 12.6. The van der Waals surface area contributed by atoms with Crippen LogP contribution in [-0.4, -0.2) is 29.4 Å². The molecule has 2 heterocycles. The number of methoxy groups -OCH3 is 1. The van der Waals surface area contributed by atoms with Crippen molar-refractivity contribution in [3.63, 3.8) is 0 Å². The van der Waals surface area contributed by atoms with E-state index in [0.29, 0.717) is 37.5 Å². The highest BCUT2D eigenvalue weighted by Gasteiger charge is 2.33. The molecule has 1 aromatic heterocycles. The number of allylic oxidation sites excluding steroid dienone is 1. The molecule has 0 amide bonds. The van der Waals surface area contributed by atoms with Gasteiger partial charge in [0.25, 0.3) is 5.56 Å². The summed E-state index contributed by atoms with van der Waals surface area (Å²) in [6.07, 6.45) is 1.63. The minimum absolute atomic E-state index is 0.0751. The van der Waals surface area contributed by atoms with Gasteiger partial charge < -0.3 is 14.6 Å². The summed E-state index contributed by atoms with van der Waals surface area (Å²) in [7, 11) is 1.56. The normalized spacial score (nSPS) is 15.8. The van der Waals surface area contributed by atoms with Gasteiger partial charge in [-0.25, -0.2) is 9.79 Å². The summed E-state index contributed by atoms with van der Waals surface area (Å²) in [4.78, 5) is 31.4. The van der Waals surface area contributed by atoms with Crippen LogP contribution in [0.2, 0.25) is 0 Å². The molecule has 1 aliphatic rings. The van der Waals surface area contributed by atoms with Crippen molar-refractivity contribution in [2.24, 2.45) is 4.99 Å². The molecule has 8 heteroatoms. The molecule has 1 aliphatic heterocycles. The number of benzene rings is 2. The van der Waals surface area contributed by atoms with Crippen LogP contribution < -0.4 is 19.6 Å². The number of thiazole rings is 1. The summed E-state index contributed by atoms with van der Waals surface area (Å²) >= 11 is 1.20. The van der Waals surface area contributed by atoms with E-state index in [1.165, 1.54) is 15.9 Å². The molecule has 0 fully saturated rings. The maximum absolute atomic E-state index is 13.5. The van der Waals surface area contributed by atoms with Gasteiger partial charge in [0.1, 0.15) is 11.5 Å². The van der Waals surface area contributed by atoms with Crippen molar-refractivity contribution >= 4 is 23.4 Å². The molecule has 0 bridgehead atoms. The van der Waals surface area contributed by atoms with Crippen molar-refractivity contribution in [1.29, 1.82) is 0 Å². The lowest BCUT2D eigenvalue weighted by Gasteiger charge is -2.25. The highest BCUT2D eigenvalue weighted by Crippen LogP contribution is 2.32. The van der Waals surface area contributed by atoms with E-state index in [2.05, 4.69) is 4.99 Å². The lowest BCUT2D eigenvalue weighted by Crippen LogP contribution is -2.39. The number of carbonyl (C=O) groups is 1. The van der Waals surface area contributed by atoms with Crippen molar-refractivity contribution in [3.05, 3.63) is 90.6 Å². The minimum Gasteiger partial charge on any atom is -0.507 e. The van der Waals surface area contributed by atoms with Crippen LogP contribution in [-0.2, 0) is 9.53 Å². The fourth-order valence-electron chi connectivity index (χ4n) is 3.67. The van der Waals surface area contributed by atoms with E-state index in [1.807, 2.05) is 12.1 Å². The average Bonchev–Trinajstić information content (AvgIpc) is 3.09. The molecule has 0 radical (unpaired) electrons. The van der Waals surface area contributed by atoms with Crippen LogP contribution in [0, 0.1) is 0 Å². The Morgan fingerprint density at radius 3 is 2.75 bits per heavy atom. The Morgan fingerprint density at radius 2 is 2.03 bits per heavy atom. The monoisotopic (exact) mass is 450 g/mol. The Balaban J connectivity index is 1.98. The summed E-state index contributed by atoms with van der Waals surface area (Å²) in [5, 5.41) is 10.1. The number of phenols is 1. The highest BCUT2D eigenvalue weighted by atomic mass is 32.1. The van der Waals surface area contributed by atoms with Gasteiger partial charge in [0, 0.05) is 5.56 Å². The Kier molecular flexibility index (Phi) is 5.96. The van der Waals surface area contributed by atoms with E-state index in [9.17, 15) is 14.7 Å². The van der Waals surface area contributed by atoms with Gasteiger partial charge in [-0.1, -0.05) is 41.7 Å². The highest BCUT2D eigenvalue weighted by molar-refractivity contribution is 7.07. The summed E-state index contributed by atoms with van der Waals surface area (Å²) in [6.45, 7) is 3.67. The van der Waals surface area contributed by atoms with E-state index in [-0.39, 0.29) is 17.9 Å². The van der Waals surface area contributed by atoms with Crippen LogP contribution in [0.15, 0.2) is 69.6 Å². The molecule has 2 aromatic carbocycles. The van der Waals surface area contributed by atoms with Crippen LogP contribution in [0.25, 0.3) is 6.08 Å². The Hall–Kier alpha value is -3.65. The average molecular weight is 451 g/mol. The molecular weight excluding hydrogens is 428 g/mol. The Bertz CT molecular complexity index is 1400. The number of fused-ring (bicyclic) bond motifs is 1. The van der Waals surface area contributed by atoms with Crippen LogP contribution >= 0.6 is 11.3 Å². The van der Waals surface area contributed by atoms with Crippen molar-refractivity contribution in [1.82, 2.24) is 4.57 Å². The second-order valence-electron chi connectivity index (χ2n) is 7.14. The van der Waals surface area contributed by atoms with Crippen molar-refractivity contribution in [2.45, 2.75) is 19.9 Å². The number of aromatic nitrogens is 1. The van der Waals surface area contributed by atoms with Gasteiger partial charge in [-0.15, -0.1) is 0 Å². The molecule has 1 N–H and O–H groups in total. The zero-order valence-corrected chi connectivity index (χ0v) is 18.7. The number of para-hydroxylation sites is 1. The lowest BCUT2D eigenvalue weighted by atomic mass is 9.95. The Labute approximate surface area is 188 Å². The van der Waals surface area contributed by atoms with Gasteiger partial charge in [-0.3, -0.25) is 9.36 Å². The predicted molar refractivity (Wildman–Crippen MR) is 121 cm³/mol. The molecule has 0 spiro atoms. The molecular formula is C24H22N2O5S. The molecule has 7 nitrogen and oxygen atoms in total. The third-order valence-electron chi connectivity index (χ3n) is 5.15. The van der Waals surface area contributed by atoms with Crippen molar-refractivity contribution < 1.29 is 19.4 Å². The first-order valence-corrected chi connectivity index (χ1v) is 10.9. The number of aromatic hydroxyl groups is 1. The van der Waals surface area contributed by atoms with Crippen molar-refractivity contribution in [3.8, 4) is 11.5 Å². The maximum atomic E-state index is 13.5. The van der Waals surface area contributed by atoms with E-state index in [1.54, 1.807) is 63.4 Å². The number of phenolic OH excluding ortho intramolecular Hbond substituents is 1. The van der Waals surface area contributed by atoms with E-state index >= 15 is 0 Å². The lowest BCUT2D eigenvalue weighted by molar-refractivity contribution is -0.139. The largest absolute Gasteiger partial charge is 0.507 e. The van der Waals surface area contributed by atoms with Crippen molar-refractivity contribution in [2.75, 3.05) is 13.7 Å². The summed E-state index contributed by atoms with van der Waals surface area (Å²) in [5.41, 5.74) is 1.72. The second-order valence-corrected chi connectivity index (χ2v) is 8.15. The molecule has 0 saturated carbocycles. The fraction of sp³-hybridized carbons (Fsp3) is 0.208. The molecule has 164 valence electrons. The topological polar surface area (TPSA) is 90.1 Å². The number of carbonyl (C=O) groups excluding carboxylic acids is 1. The predicted octanol–water partition coefficient (Wildman–Crippen LogP) is 2.51. The van der Waals surface area contributed by atoms with Crippen LogP contribution in [0.5, 0.6) is 11.5 Å². The zero-order chi connectivity index (χ0) is 22.8. The molecule has 4 rings (SSSR count). The van der Waals surface area contributed by atoms with Crippen LogP contribution in [0.1, 0.15) is 31.0 Å². The molecule has 32 heavy (non-hydrogen) atoms. The van der Waals surface area contributed by atoms with Crippen LogP contribution in [0.3, 0.4) is 0 Å². The number of rotatable bonds is 5. The number of hydrogen-bond donors (Lipinski definition) is 1. The summed E-state index contributed by atoms with van der Waals surface area (Å²) in [6, 6.07) is 13.3. The first kappa shape index (κ1) is 21.6. The number of esters is 1. The summed E-state index contributed by atoms with van der Waals surface area (Å²) in [5.74, 6) is 0.166. The molecule has 0 aliphatic carbocycles. The quantitative estimate of drug-likeness (QED) is 0.604. The fourth-order valence-corrected chi connectivity index (χ4v) is 4.71.